The summed E-state index contributed by atoms with van der Waals surface area (Å²) in [7, 11) is 0. The quantitative estimate of drug-likeness (QED) is 0.620. The van der Waals surface area contributed by atoms with Crippen LogP contribution in [0.3, 0.4) is 0 Å². The monoisotopic (exact) mass is 214 g/mol. The molecule has 0 aliphatic carbocycles. The predicted molar refractivity (Wildman–Crippen MR) is 46.8 cm³/mol. The maximum absolute atomic E-state index is 11.9. The summed E-state index contributed by atoms with van der Waals surface area (Å²) in [5.41, 5.74) is -0.718. The maximum Gasteiger partial charge on any atom is 0.416 e. The highest BCUT2D eigenvalue weighted by molar-refractivity contribution is 7.59. The van der Waals surface area contributed by atoms with Crippen molar-refractivity contribution in [3.8, 4) is 0 Å². The third kappa shape index (κ3) is 2.95. The zero-order valence-corrected chi connectivity index (χ0v) is 7.58. The Labute approximate surface area is 79.8 Å². The van der Waals surface area contributed by atoms with Gasteiger partial charge in [0.1, 0.15) is 0 Å². The molecule has 0 saturated heterocycles. The van der Waals surface area contributed by atoms with Gasteiger partial charge in [-0.2, -0.15) is 26.7 Å². The van der Waals surface area contributed by atoms with Gasteiger partial charge in [0.2, 0.25) is 0 Å². The molecule has 0 unspecified atom stereocenters. The van der Waals surface area contributed by atoms with Gasteiger partial charge in [-0.3, -0.25) is 0 Å². The van der Waals surface area contributed by atoms with Gasteiger partial charge in [0.25, 0.3) is 0 Å². The SMILES string of the molecule is FC(F)(F)c1cccc(Cl)c1.S. The van der Waals surface area contributed by atoms with Crippen LogP contribution in [-0.2, 0) is 6.18 Å². The van der Waals surface area contributed by atoms with E-state index >= 15 is 0 Å². The Morgan fingerprint density at radius 3 is 2.08 bits per heavy atom. The van der Waals surface area contributed by atoms with Gasteiger partial charge in [0.05, 0.1) is 5.56 Å². The lowest BCUT2D eigenvalue weighted by atomic mass is 10.2. The molecule has 1 aromatic carbocycles. The van der Waals surface area contributed by atoms with E-state index in [0.29, 0.717) is 0 Å². The number of alkyl halides is 3. The van der Waals surface area contributed by atoms with Crippen LogP contribution in [0.5, 0.6) is 0 Å². The Morgan fingerprint density at radius 2 is 1.75 bits per heavy atom. The van der Waals surface area contributed by atoms with Crippen LogP contribution in [0, 0.1) is 0 Å². The van der Waals surface area contributed by atoms with Crippen LogP contribution in [0.1, 0.15) is 5.56 Å². The average molecular weight is 215 g/mol. The summed E-state index contributed by atoms with van der Waals surface area (Å²) >= 11 is 5.35. The smallest absolute Gasteiger partial charge is 0.197 e. The molecule has 0 bridgehead atoms. The standard InChI is InChI=1S/C7H4ClF3.H2S/c8-6-3-1-2-5(4-6)7(9,10)11;/h1-4H;1H2. The van der Waals surface area contributed by atoms with Crippen LogP contribution in [0.4, 0.5) is 13.2 Å². The summed E-state index contributed by atoms with van der Waals surface area (Å²) in [5.74, 6) is 0. The number of halogens is 4. The molecular formula is C7H6ClF3S. The minimum atomic E-state index is -4.30. The Morgan fingerprint density at radius 1 is 1.17 bits per heavy atom. The lowest BCUT2D eigenvalue weighted by Gasteiger charge is -2.05. The fourth-order valence-electron chi connectivity index (χ4n) is 0.665. The number of rotatable bonds is 0. The average Bonchev–Trinajstić information content (AvgIpc) is 1.86. The van der Waals surface area contributed by atoms with E-state index in [2.05, 4.69) is 0 Å². The number of hydrogen-bond acceptors (Lipinski definition) is 0. The van der Waals surface area contributed by atoms with Crippen LogP contribution in [0.25, 0.3) is 0 Å². The van der Waals surface area contributed by atoms with E-state index in [1.807, 2.05) is 0 Å². The highest BCUT2D eigenvalue weighted by atomic mass is 35.5. The van der Waals surface area contributed by atoms with E-state index < -0.39 is 11.7 Å². The Kier molecular flexibility index (Phi) is 3.93. The Bertz CT molecular complexity index is 259. The van der Waals surface area contributed by atoms with Gasteiger partial charge >= 0.3 is 6.18 Å². The van der Waals surface area contributed by atoms with E-state index in [4.69, 9.17) is 11.6 Å². The molecule has 68 valence electrons. The molecule has 0 N–H and O–H groups in total. The molecule has 0 radical (unpaired) electrons. The topological polar surface area (TPSA) is 0 Å². The van der Waals surface area contributed by atoms with Crippen LogP contribution >= 0.6 is 25.1 Å². The summed E-state index contributed by atoms with van der Waals surface area (Å²) in [5, 5.41) is 0.0971. The molecule has 0 spiro atoms. The van der Waals surface area contributed by atoms with Crippen molar-refractivity contribution in [1.82, 2.24) is 0 Å². The first-order valence-electron chi connectivity index (χ1n) is 2.83. The van der Waals surface area contributed by atoms with Crippen molar-refractivity contribution in [3.05, 3.63) is 34.9 Å². The van der Waals surface area contributed by atoms with Gasteiger partial charge in [-0.15, -0.1) is 0 Å². The molecule has 0 aliphatic heterocycles. The van der Waals surface area contributed by atoms with Gasteiger partial charge in [0, 0.05) is 5.02 Å². The van der Waals surface area contributed by atoms with Gasteiger partial charge in [-0.05, 0) is 18.2 Å². The van der Waals surface area contributed by atoms with E-state index in [9.17, 15) is 13.2 Å². The highest BCUT2D eigenvalue weighted by Crippen LogP contribution is 2.30. The minimum absolute atomic E-state index is 0. The van der Waals surface area contributed by atoms with Crippen LogP contribution < -0.4 is 0 Å². The van der Waals surface area contributed by atoms with Crippen LogP contribution in [0.2, 0.25) is 5.02 Å². The van der Waals surface area contributed by atoms with Gasteiger partial charge in [0.15, 0.2) is 0 Å². The van der Waals surface area contributed by atoms with Crippen LogP contribution in [-0.4, -0.2) is 0 Å². The molecule has 0 atom stereocenters. The van der Waals surface area contributed by atoms with Crippen molar-refractivity contribution in [3.63, 3.8) is 0 Å². The highest BCUT2D eigenvalue weighted by Gasteiger charge is 2.30. The van der Waals surface area contributed by atoms with Gasteiger partial charge < -0.3 is 0 Å². The Balaban J connectivity index is 0.00000121. The zero-order chi connectivity index (χ0) is 8.48. The third-order valence-corrected chi connectivity index (χ3v) is 1.39. The summed E-state index contributed by atoms with van der Waals surface area (Å²) in [6, 6.07) is 4.54. The molecule has 1 rings (SSSR count). The molecule has 0 aliphatic rings. The second-order valence-electron chi connectivity index (χ2n) is 2.01. The van der Waals surface area contributed by atoms with E-state index in [-0.39, 0.29) is 18.5 Å². The van der Waals surface area contributed by atoms with Crippen molar-refractivity contribution in [2.75, 3.05) is 0 Å². The van der Waals surface area contributed by atoms with Gasteiger partial charge in [-0.25, -0.2) is 0 Å². The van der Waals surface area contributed by atoms with E-state index in [1.54, 1.807) is 0 Å². The molecule has 0 nitrogen and oxygen atoms in total. The van der Waals surface area contributed by atoms with Gasteiger partial charge in [-0.1, -0.05) is 17.7 Å². The molecule has 0 aromatic heterocycles. The molecule has 1 aromatic rings. The second kappa shape index (κ2) is 4.05. The molecule has 12 heavy (non-hydrogen) atoms. The summed E-state index contributed by atoms with van der Waals surface area (Å²) < 4.78 is 35.7. The van der Waals surface area contributed by atoms with E-state index in [0.717, 1.165) is 12.1 Å². The fourth-order valence-corrected chi connectivity index (χ4v) is 0.855. The van der Waals surface area contributed by atoms with Crippen molar-refractivity contribution < 1.29 is 13.2 Å². The minimum Gasteiger partial charge on any atom is -0.197 e. The van der Waals surface area contributed by atoms with Crippen molar-refractivity contribution in [1.29, 1.82) is 0 Å². The molecular weight excluding hydrogens is 209 g/mol. The fraction of sp³-hybridized carbons (Fsp3) is 0.143. The number of benzene rings is 1. The molecule has 0 heterocycles. The first-order chi connectivity index (χ1) is 5.00. The Hall–Kier alpha value is -0.350. The summed E-state index contributed by atoms with van der Waals surface area (Å²) in [4.78, 5) is 0. The molecule has 0 saturated carbocycles. The second-order valence-corrected chi connectivity index (χ2v) is 2.44. The summed E-state index contributed by atoms with van der Waals surface area (Å²) in [6.45, 7) is 0. The van der Waals surface area contributed by atoms with Crippen molar-refractivity contribution in [2.45, 2.75) is 6.18 Å². The molecule has 5 heteroatoms. The largest absolute Gasteiger partial charge is 0.416 e. The summed E-state index contributed by atoms with van der Waals surface area (Å²) in [6.07, 6.45) is -4.30. The van der Waals surface area contributed by atoms with Crippen molar-refractivity contribution in [2.24, 2.45) is 0 Å². The molecule has 0 amide bonds. The number of hydrogen-bond donors (Lipinski definition) is 0. The maximum atomic E-state index is 11.9. The lowest BCUT2D eigenvalue weighted by Crippen LogP contribution is -2.03. The normalized spacial score (nSPS) is 10.7. The molecule has 0 fully saturated rings. The van der Waals surface area contributed by atoms with Crippen molar-refractivity contribution >= 4 is 25.1 Å². The van der Waals surface area contributed by atoms with Crippen LogP contribution in [0.15, 0.2) is 24.3 Å². The predicted octanol–water partition coefficient (Wildman–Crippen LogP) is 3.47. The third-order valence-electron chi connectivity index (χ3n) is 1.15. The first kappa shape index (κ1) is 11.6. The first-order valence-corrected chi connectivity index (χ1v) is 3.21. The lowest BCUT2D eigenvalue weighted by molar-refractivity contribution is -0.137. The zero-order valence-electron chi connectivity index (χ0n) is 5.82. The van der Waals surface area contributed by atoms with E-state index in [1.165, 1.54) is 12.1 Å².